The molecule has 0 amide bonds. The van der Waals surface area contributed by atoms with Gasteiger partial charge in [-0.2, -0.15) is 5.20 Å². The van der Waals surface area contributed by atoms with Crippen LogP contribution < -0.4 is 11.0 Å². The molecular formula is H5N6P. The van der Waals surface area contributed by atoms with Crippen LogP contribution >= 0.6 is 8.37 Å². The molecule has 40 valence electrons. The molecule has 0 heterocycles. The summed E-state index contributed by atoms with van der Waals surface area (Å²) in [5.74, 6) is 4.75. The topological polar surface area (TPSA) is 110 Å². The van der Waals surface area contributed by atoms with E-state index in [1.54, 1.807) is 0 Å². The lowest BCUT2D eigenvalue weighted by molar-refractivity contribution is 1.03. The second-order valence-electron chi connectivity index (χ2n) is 0.619. The van der Waals surface area contributed by atoms with Gasteiger partial charge in [0, 0.05) is 0 Å². The number of rotatable bonds is 3. The number of hydrogen-bond acceptors (Lipinski definition) is 6. The van der Waals surface area contributed by atoms with Crippen LogP contribution in [0.3, 0.4) is 0 Å². The van der Waals surface area contributed by atoms with Gasteiger partial charge in [-0.25, -0.2) is 11.1 Å². The molecule has 0 unspecified atom stereocenters. The highest BCUT2D eigenvalue weighted by Crippen LogP contribution is 2.30. The summed E-state index contributed by atoms with van der Waals surface area (Å²) in [4.78, 5) is 5.70. The average Bonchev–Trinajstić information content (AvgIpc) is 1.72. The van der Waals surface area contributed by atoms with Crippen molar-refractivity contribution in [2.75, 3.05) is 0 Å². The Morgan fingerprint density at radius 3 is 1.86 bits per heavy atom. The Balaban J connectivity index is 3.36. The Morgan fingerprint density at radius 1 is 1.43 bits per heavy atom. The highest BCUT2D eigenvalue weighted by atomic mass is 31.1. The number of nitrogens with one attached hydrogen (secondary N) is 3. The Kier molecular flexibility index (Phi) is 3.49. The summed E-state index contributed by atoms with van der Waals surface area (Å²) < 4.78 is 0. The SMILES string of the molecule is N=NP(N=N)NN. The van der Waals surface area contributed by atoms with Crippen LogP contribution in [0.1, 0.15) is 0 Å². The molecule has 5 N–H and O–H groups in total. The predicted molar refractivity (Wildman–Crippen MR) is 24.5 cm³/mol. The molecule has 0 spiro atoms. The molecule has 0 aromatic heterocycles. The van der Waals surface area contributed by atoms with Crippen molar-refractivity contribution in [3.63, 3.8) is 0 Å². The molecule has 0 saturated carbocycles. The van der Waals surface area contributed by atoms with Gasteiger partial charge in [0.25, 0.3) is 8.37 Å². The van der Waals surface area contributed by atoms with E-state index in [1.165, 1.54) is 0 Å². The first-order chi connectivity index (χ1) is 3.35. The van der Waals surface area contributed by atoms with Crippen molar-refractivity contribution in [2.24, 2.45) is 15.6 Å². The molecule has 0 radical (unpaired) electrons. The molecule has 6 nitrogen and oxygen atoms in total. The monoisotopic (exact) mass is 120 g/mol. The molecule has 0 saturated heterocycles. The highest BCUT2D eigenvalue weighted by molar-refractivity contribution is 7.51. The Labute approximate surface area is 41.4 Å². The van der Waals surface area contributed by atoms with Crippen LogP contribution in [0, 0.1) is 11.1 Å². The zero-order valence-corrected chi connectivity index (χ0v) is 4.31. The van der Waals surface area contributed by atoms with E-state index in [0.29, 0.717) is 0 Å². The lowest BCUT2D eigenvalue weighted by Crippen LogP contribution is -2.12. The molecule has 0 aliphatic rings. The molecule has 0 fully saturated rings. The summed E-state index contributed by atoms with van der Waals surface area (Å²) in [6.45, 7) is 0. The third-order valence-electron chi connectivity index (χ3n) is 0.305. The second-order valence-corrected chi connectivity index (χ2v) is 1.86. The normalized spacial score (nSPS) is 12.7. The minimum atomic E-state index is -1.44. The average molecular weight is 120 g/mol. The van der Waals surface area contributed by atoms with Gasteiger partial charge < -0.3 is 0 Å². The van der Waals surface area contributed by atoms with Gasteiger partial charge in [0.2, 0.25) is 0 Å². The second kappa shape index (κ2) is 3.73. The molecule has 7 heavy (non-hydrogen) atoms. The van der Waals surface area contributed by atoms with Crippen LogP contribution in [0.25, 0.3) is 0 Å². The van der Waals surface area contributed by atoms with Gasteiger partial charge in [0.15, 0.2) is 0 Å². The summed E-state index contributed by atoms with van der Waals surface area (Å²) in [6, 6.07) is 0. The first-order valence-electron chi connectivity index (χ1n) is 1.36. The van der Waals surface area contributed by atoms with E-state index in [-0.39, 0.29) is 0 Å². The maximum atomic E-state index is 6.26. The molecule has 7 heteroatoms. The van der Waals surface area contributed by atoms with E-state index < -0.39 is 8.37 Å². The third-order valence-corrected chi connectivity index (χ3v) is 0.915. The minimum Gasteiger partial charge on any atom is -0.265 e. The van der Waals surface area contributed by atoms with Gasteiger partial charge in [-0.1, -0.05) is 0 Å². The van der Waals surface area contributed by atoms with Crippen LogP contribution in [-0.4, -0.2) is 0 Å². The van der Waals surface area contributed by atoms with Gasteiger partial charge in [-0.3, -0.25) is 5.84 Å². The molecular weight excluding hydrogens is 115 g/mol. The standard InChI is InChI=1S/H5N6P/c1-4-7(5-2)6-3/h1-2,6H,3H2. The maximum Gasteiger partial charge on any atom is 0.270 e. The van der Waals surface area contributed by atoms with Gasteiger partial charge in [0.1, 0.15) is 0 Å². The van der Waals surface area contributed by atoms with Crippen molar-refractivity contribution >= 4 is 8.37 Å². The number of nitrogens with two attached hydrogens (primary N) is 1. The fourth-order valence-electron chi connectivity index (χ4n) is 0.0801. The summed E-state index contributed by atoms with van der Waals surface area (Å²) in [5, 5.41) is 2.06. The van der Waals surface area contributed by atoms with Gasteiger partial charge in [-0.15, -0.1) is 9.77 Å². The fourth-order valence-corrected chi connectivity index (χ4v) is 0.240. The molecule has 0 atom stereocenters. The third kappa shape index (κ3) is 2.27. The van der Waals surface area contributed by atoms with Crippen molar-refractivity contribution in [1.82, 2.24) is 5.20 Å². The van der Waals surface area contributed by atoms with Crippen molar-refractivity contribution in [1.29, 1.82) is 11.1 Å². The fraction of sp³-hybridized carbons (Fsp3) is 0. The van der Waals surface area contributed by atoms with Crippen LogP contribution in [0.2, 0.25) is 0 Å². The van der Waals surface area contributed by atoms with Crippen LogP contribution in [0.15, 0.2) is 9.77 Å². The van der Waals surface area contributed by atoms with Crippen LogP contribution in [0.4, 0.5) is 0 Å². The smallest absolute Gasteiger partial charge is 0.265 e. The van der Waals surface area contributed by atoms with E-state index in [2.05, 4.69) is 15.0 Å². The summed E-state index contributed by atoms with van der Waals surface area (Å²) in [7, 11) is -1.44. The van der Waals surface area contributed by atoms with E-state index in [4.69, 9.17) is 16.9 Å². The van der Waals surface area contributed by atoms with Gasteiger partial charge in [0.05, 0.1) is 0 Å². The van der Waals surface area contributed by atoms with Crippen molar-refractivity contribution in [3.05, 3.63) is 0 Å². The molecule has 0 rings (SSSR count). The molecule has 0 aliphatic heterocycles. The van der Waals surface area contributed by atoms with E-state index in [0.717, 1.165) is 0 Å². The van der Waals surface area contributed by atoms with Crippen LogP contribution in [0.5, 0.6) is 0 Å². The zero-order chi connectivity index (χ0) is 5.70. The quantitative estimate of drug-likeness (QED) is 0.190. The largest absolute Gasteiger partial charge is 0.270 e. The lowest BCUT2D eigenvalue weighted by Gasteiger charge is -1.93. The summed E-state index contributed by atoms with van der Waals surface area (Å²) in [6.07, 6.45) is 0. The van der Waals surface area contributed by atoms with Crippen molar-refractivity contribution < 1.29 is 0 Å². The highest BCUT2D eigenvalue weighted by Gasteiger charge is 1.95. The molecule has 0 bridgehead atoms. The summed E-state index contributed by atoms with van der Waals surface area (Å²) in [5.41, 5.74) is 12.5. The zero-order valence-electron chi connectivity index (χ0n) is 3.42. The molecule has 0 aliphatic carbocycles. The number of hydrogen-bond donors (Lipinski definition) is 4. The first kappa shape index (κ1) is 6.55. The minimum absolute atomic E-state index is 1.44. The van der Waals surface area contributed by atoms with E-state index in [1.807, 2.05) is 0 Å². The maximum absolute atomic E-state index is 6.26. The lowest BCUT2D eigenvalue weighted by atomic mass is 13.0. The van der Waals surface area contributed by atoms with Gasteiger partial charge >= 0.3 is 0 Å². The first-order valence-corrected chi connectivity index (χ1v) is 2.61. The predicted octanol–water partition coefficient (Wildman–Crippen LogP) is 0.739. The Bertz CT molecular complexity index is 58.6. The van der Waals surface area contributed by atoms with Crippen LogP contribution in [-0.2, 0) is 0 Å². The molecule has 0 aromatic rings. The van der Waals surface area contributed by atoms with Crippen molar-refractivity contribution in [2.45, 2.75) is 0 Å². The van der Waals surface area contributed by atoms with E-state index >= 15 is 0 Å². The summed E-state index contributed by atoms with van der Waals surface area (Å²) >= 11 is 0. The van der Waals surface area contributed by atoms with E-state index in [9.17, 15) is 0 Å². The van der Waals surface area contributed by atoms with Crippen molar-refractivity contribution in [3.8, 4) is 0 Å². The van der Waals surface area contributed by atoms with Gasteiger partial charge in [-0.05, 0) is 0 Å². The number of hydrazine groups is 1. The Hall–Kier alpha value is -0.450. The number of nitrogens with zero attached hydrogens (tertiary/aromatic N) is 2. The molecule has 0 aromatic carbocycles. The Morgan fingerprint density at radius 2 is 1.86 bits per heavy atom.